The molecule has 2 bridgehead atoms. The van der Waals surface area contributed by atoms with Crippen LogP contribution in [0.25, 0.3) is 10.2 Å². The van der Waals surface area contributed by atoms with Crippen LogP contribution in [0, 0.1) is 39.4 Å². The smallest absolute Gasteiger partial charge is 0.309 e. The quantitative estimate of drug-likeness (QED) is 0.371. The Balaban J connectivity index is 0.718. The second-order valence-electron chi connectivity index (χ2n) is 18.0. The van der Waals surface area contributed by atoms with Crippen LogP contribution < -0.4 is 10.6 Å². The Hall–Kier alpha value is -2.87. The molecule has 0 aromatic carbocycles. The molecule has 5 saturated heterocycles. The fraction of sp³-hybridized carbons (Fsp3) is 0.763. The number of piperidine rings is 1. The molecule has 3 saturated carbocycles. The van der Waals surface area contributed by atoms with E-state index in [1.807, 2.05) is 15.9 Å². The summed E-state index contributed by atoms with van der Waals surface area (Å²) in [6, 6.07) is 1.27. The first kappa shape index (κ1) is 33.9. The lowest BCUT2D eigenvalue weighted by molar-refractivity contribution is -0.158. The van der Waals surface area contributed by atoms with Crippen LogP contribution in [-0.4, -0.2) is 114 Å². The van der Waals surface area contributed by atoms with E-state index < -0.39 is 23.3 Å². The van der Waals surface area contributed by atoms with E-state index in [0.29, 0.717) is 50.2 Å². The van der Waals surface area contributed by atoms with Crippen LogP contribution in [0.4, 0.5) is 5.82 Å². The Kier molecular flexibility index (Phi) is 8.21. The van der Waals surface area contributed by atoms with E-state index in [1.54, 1.807) is 11.7 Å². The molecule has 4 atom stereocenters. The summed E-state index contributed by atoms with van der Waals surface area (Å²) >= 11 is 1.53. The predicted molar refractivity (Wildman–Crippen MR) is 191 cm³/mol. The van der Waals surface area contributed by atoms with Gasteiger partial charge < -0.3 is 35.0 Å². The average Bonchev–Trinajstić information content (AvgIpc) is 3.41. The number of pyridine rings is 1. The molecule has 2 aromatic heterocycles. The molecule has 7 heterocycles. The predicted octanol–water partition coefficient (Wildman–Crippen LogP) is 3.78. The molecule has 2 aromatic rings. The summed E-state index contributed by atoms with van der Waals surface area (Å²) in [6.07, 6.45) is 13.1. The number of likely N-dealkylation sites (tertiary alicyclic amines) is 2. The van der Waals surface area contributed by atoms with Crippen molar-refractivity contribution in [3.63, 3.8) is 0 Å². The van der Waals surface area contributed by atoms with Gasteiger partial charge >= 0.3 is 5.97 Å². The van der Waals surface area contributed by atoms with Gasteiger partial charge in [0.2, 0.25) is 11.8 Å². The zero-order valence-electron chi connectivity index (χ0n) is 29.8. The molecule has 8 aliphatic rings. The highest BCUT2D eigenvalue weighted by molar-refractivity contribution is 7.17. The van der Waals surface area contributed by atoms with Crippen molar-refractivity contribution in [1.82, 2.24) is 19.8 Å². The van der Waals surface area contributed by atoms with Crippen LogP contribution in [0.15, 0.2) is 17.8 Å². The van der Waals surface area contributed by atoms with Gasteiger partial charge in [-0.15, -0.1) is 11.3 Å². The Morgan fingerprint density at radius 2 is 1.82 bits per heavy atom. The number of hydrogen-bond acceptors (Lipinski definition) is 10. The minimum Gasteiger partial charge on any atom is -0.481 e. The fourth-order valence-corrected chi connectivity index (χ4v) is 12.0. The number of carbonyl (C=O) groups is 3. The van der Waals surface area contributed by atoms with Gasteiger partial charge in [-0.25, -0.2) is 9.97 Å². The number of hydrogen-bond donors (Lipinski definition) is 2. The zero-order chi connectivity index (χ0) is 35.2. The summed E-state index contributed by atoms with van der Waals surface area (Å²) in [4.78, 5) is 54.3. The molecule has 2 spiro atoms. The highest BCUT2D eigenvalue weighted by Crippen LogP contribution is 2.64. The highest BCUT2D eigenvalue weighted by Gasteiger charge is 2.63. The molecule has 276 valence electrons. The number of nitrogens with zero attached hydrogens (tertiary/aromatic N) is 5. The monoisotopic (exact) mass is 720 g/mol. The summed E-state index contributed by atoms with van der Waals surface area (Å²) in [5, 5.41) is 10.2. The number of thiazole rings is 1. The molecule has 5 aliphatic heterocycles. The lowest BCUT2D eigenvalue weighted by Gasteiger charge is -2.53. The molecule has 13 heteroatoms. The fourth-order valence-electron chi connectivity index (χ4n) is 11.2. The number of nitrogens with two attached hydrogens (primary N) is 1. The zero-order valence-corrected chi connectivity index (χ0v) is 30.6. The van der Waals surface area contributed by atoms with Crippen molar-refractivity contribution in [2.24, 2.45) is 45.1 Å². The maximum absolute atomic E-state index is 13.7. The maximum Gasteiger partial charge on any atom is 0.309 e. The number of carboxylic acid groups (broad SMARTS) is 1. The number of ether oxygens (including phenoxy) is 2. The first-order valence-corrected chi connectivity index (χ1v) is 20.0. The molecule has 4 unspecified atom stereocenters. The number of aromatic nitrogens is 2. The van der Waals surface area contributed by atoms with Gasteiger partial charge in [-0.3, -0.25) is 14.4 Å². The van der Waals surface area contributed by atoms with Crippen molar-refractivity contribution in [3.8, 4) is 0 Å². The molecule has 0 radical (unpaired) electrons. The number of anilines is 1. The third-order valence-electron chi connectivity index (χ3n) is 14.4. The van der Waals surface area contributed by atoms with E-state index in [1.165, 1.54) is 24.2 Å². The minimum atomic E-state index is -0.796. The van der Waals surface area contributed by atoms with Crippen molar-refractivity contribution in [2.75, 3.05) is 64.0 Å². The van der Waals surface area contributed by atoms with Gasteiger partial charge in [0, 0.05) is 62.2 Å². The Labute approximate surface area is 303 Å². The Morgan fingerprint density at radius 3 is 2.53 bits per heavy atom. The molecule has 12 nitrogen and oxygen atoms in total. The molecule has 2 amide bonds. The largest absolute Gasteiger partial charge is 0.481 e. The molecule has 3 aliphatic carbocycles. The molecule has 51 heavy (non-hydrogen) atoms. The SMILES string of the molecule is CC1(CC2CC3(CCN(C(=O)C(N)COCC45CCC(CC4)OC5)CC3)C2)CC1C(=O)N1CC2(C1)CN(c1nccc3ncsc13)CC2C(=O)O. The number of carbonyl (C=O) groups excluding carboxylic acids is 2. The van der Waals surface area contributed by atoms with Gasteiger partial charge in [-0.1, -0.05) is 6.92 Å². The summed E-state index contributed by atoms with van der Waals surface area (Å²) in [7, 11) is 0. The van der Waals surface area contributed by atoms with Crippen molar-refractivity contribution < 1.29 is 29.0 Å². The van der Waals surface area contributed by atoms with Crippen molar-refractivity contribution in [1.29, 1.82) is 0 Å². The number of rotatable bonds is 10. The standard InChI is InChI=1S/C38H52N6O6S/c1-35(12-24-13-36(14-24)7-10-42(11-8-36)33(46)28(39)17-49-21-37-5-2-25(3-6-37)50-22-37)15-26(35)32(45)44-19-38(20-44)18-43(16-27(38)34(47)48)31-30-29(4-9-40-31)41-23-51-30/h4,9,23-28H,2-3,5-8,10-22,39H2,1H3,(H,47,48). The second kappa shape index (κ2) is 12.3. The van der Waals surface area contributed by atoms with Gasteiger partial charge in [0.05, 0.1) is 47.6 Å². The third-order valence-corrected chi connectivity index (χ3v) is 15.3. The highest BCUT2D eigenvalue weighted by atomic mass is 32.1. The lowest BCUT2D eigenvalue weighted by atomic mass is 9.55. The van der Waals surface area contributed by atoms with Gasteiger partial charge in [-0.05, 0) is 87.0 Å². The van der Waals surface area contributed by atoms with Gasteiger partial charge in [-0.2, -0.15) is 0 Å². The van der Waals surface area contributed by atoms with Crippen molar-refractivity contribution in [3.05, 3.63) is 17.8 Å². The summed E-state index contributed by atoms with van der Waals surface area (Å²) in [6.45, 7) is 7.44. The van der Waals surface area contributed by atoms with Gasteiger partial charge in [0.1, 0.15) is 11.9 Å². The maximum atomic E-state index is 13.7. The number of carboxylic acids is 1. The Bertz CT molecular complexity index is 1670. The van der Waals surface area contributed by atoms with Gasteiger partial charge in [0.25, 0.3) is 0 Å². The minimum absolute atomic E-state index is 0.00951. The average molecular weight is 721 g/mol. The molecule has 10 rings (SSSR count). The van der Waals surface area contributed by atoms with Crippen molar-refractivity contribution in [2.45, 2.75) is 83.3 Å². The van der Waals surface area contributed by atoms with Crippen LogP contribution >= 0.6 is 11.3 Å². The van der Waals surface area contributed by atoms with E-state index in [4.69, 9.17) is 15.2 Å². The summed E-state index contributed by atoms with van der Waals surface area (Å²) in [5.41, 5.74) is 9.01. The molecular formula is C38H52N6O6S. The van der Waals surface area contributed by atoms with Crippen LogP contribution in [0.5, 0.6) is 0 Å². The molecule has 3 N–H and O–H groups in total. The van der Waals surface area contributed by atoms with E-state index >= 15 is 0 Å². The number of fused-ring (bicyclic) bond motifs is 4. The number of aliphatic carboxylic acids is 1. The van der Waals surface area contributed by atoms with Crippen LogP contribution in [0.3, 0.4) is 0 Å². The summed E-state index contributed by atoms with van der Waals surface area (Å²) < 4.78 is 12.9. The van der Waals surface area contributed by atoms with Crippen molar-refractivity contribution >= 4 is 45.2 Å². The topological polar surface area (TPSA) is 151 Å². The van der Waals surface area contributed by atoms with E-state index in [-0.39, 0.29) is 35.2 Å². The first-order valence-electron chi connectivity index (χ1n) is 19.2. The van der Waals surface area contributed by atoms with E-state index in [0.717, 1.165) is 87.1 Å². The van der Waals surface area contributed by atoms with E-state index in [2.05, 4.69) is 21.8 Å². The lowest BCUT2D eigenvalue weighted by Crippen LogP contribution is -2.63. The van der Waals surface area contributed by atoms with E-state index in [9.17, 15) is 19.5 Å². The number of amides is 2. The van der Waals surface area contributed by atoms with Crippen LogP contribution in [0.1, 0.15) is 71.1 Å². The van der Waals surface area contributed by atoms with Crippen LogP contribution in [0.2, 0.25) is 0 Å². The molecule has 8 fully saturated rings. The first-order chi connectivity index (χ1) is 24.5. The van der Waals surface area contributed by atoms with Gasteiger partial charge in [0.15, 0.2) is 0 Å². The second-order valence-corrected chi connectivity index (χ2v) is 18.9. The van der Waals surface area contributed by atoms with Crippen LogP contribution in [-0.2, 0) is 23.9 Å². The summed E-state index contributed by atoms with van der Waals surface area (Å²) in [5.74, 6) is 0.329. The Morgan fingerprint density at radius 1 is 1.06 bits per heavy atom. The normalized spacial score (nSPS) is 34.2. The molecular weight excluding hydrogens is 669 g/mol. The third kappa shape index (κ3) is 5.94.